The summed E-state index contributed by atoms with van der Waals surface area (Å²) in [7, 11) is 0. The Morgan fingerprint density at radius 2 is 2.00 bits per heavy atom. The van der Waals surface area contributed by atoms with Crippen LogP contribution in [0.2, 0.25) is 5.02 Å². The van der Waals surface area contributed by atoms with Crippen molar-refractivity contribution in [1.82, 2.24) is 5.32 Å². The van der Waals surface area contributed by atoms with Gasteiger partial charge in [0.25, 0.3) is 0 Å². The number of hydrogen-bond acceptors (Lipinski definition) is 2. The van der Waals surface area contributed by atoms with Crippen molar-refractivity contribution < 1.29 is 9.13 Å². The van der Waals surface area contributed by atoms with Gasteiger partial charge in [0.15, 0.2) is 0 Å². The number of halogens is 2. The lowest BCUT2D eigenvalue weighted by atomic mass is 9.93. The van der Waals surface area contributed by atoms with Crippen molar-refractivity contribution in [2.24, 2.45) is 5.92 Å². The molecule has 0 bridgehead atoms. The van der Waals surface area contributed by atoms with Crippen LogP contribution in [-0.2, 0) is 11.2 Å². The van der Waals surface area contributed by atoms with Gasteiger partial charge in [0.2, 0.25) is 0 Å². The Bertz CT molecular complexity index is 425. The molecule has 1 aromatic rings. The van der Waals surface area contributed by atoms with E-state index < -0.39 is 0 Å². The minimum Gasteiger partial charge on any atom is -0.377 e. The van der Waals surface area contributed by atoms with E-state index in [-0.39, 0.29) is 18.0 Å². The van der Waals surface area contributed by atoms with Gasteiger partial charge in [-0.2, -0.15) is 0 Å². The number of nitrogens with one attached hydrogen (secondary N) is 1. The molecule has 0 aromatic heterocycles. The van der Waals surface area contributed by atoms with E-state index >= 15 is 0 Å². The lowest BCUT2D eigenvalue weighted by molar-refractivity contribution is 0.00362. The second-order valence-corrected chi connectivity index (χ2v) is 6.07. The zero-order valence-electron chi connectivity index (χ0n) is 13.5. The van der Waals surface area contributed by atoms with E-state index in [4.69, 9.17) is 16.3 Å². The maximum atomic E-state index is 13.2. The highest BCUT2D eigenvalue weighted by Gasteiger charge is 2.25. The summed E-state index contributed by atoms with van der Waals surface area (Å²) in [5.74, 6) is 0.102. The molecule has 0 heterocycles. The highest BCUT2D eigenvalue weighted by molar-refractivity contribution is 6.31. The molecule has 0 spiro atoms. The smallest absolute Gasteiger partial charge is 0.124 e. The third kappa shape index (κ3) is 5.93. The average molecular weight is 316 g/mol. The molecule has 1 N–H and O–H groups in total. The van der Waals surface area contributed by atoms with Gasteiger partial charge in [0, 0.05) is 17.7 Å². The third-order valence-electron chi connectivity index (χ3n) is 3.52. The summed E-state index contributed by atoms with van der Waals surface area (Å²) in [6, 6.07) is 4.77. The SMILES string of the molecule is CCCNC(Cc1ccc(F)cc1Cl)C(OCC)C(C)C. The van der Waals surface area contributed by atoms with Crippen LogP contribution in [0.15, 0.2) is 18.2 Å². The van der Waals surface area contributed by atoms with Crippen LogP contribution in [0.3, 0.4) is 0 Å². The summed E-state index contributed by atoms with van der Waals surface area (Å²) >= 11 is 6.16. The van der Waals surface area contributed by atoms with Crippen LogP contribution in [0, 0.1) is 11.7 Å². The maximum absolute atomic E-state index is 13.2. The van der Waals surface area contributed by atoms with Crippen LogP contribution in [0.5, 0.6) is 0 Å². The molecule has 2 atom stereocenters. The Morgan fingerprint density at radius 1 is 1.29 bits per heavy atom. The maximum Gasteiger partial charge on any atom is 0.124 e. The van der Waals surface area contributed by atoms with Crippen LogP contribution in [0.4, 0.5) is 4.39 Å². The van der Waals surface area contributed by atoms with E-state index in [0.29, 0.717) is 17.5 Å². The van der Waals surface area contributed by atoms with Gasteiger partial charge in [0.1, 0.15) is 5.82 Å². The molecule has 120 valence electrons. The predicted molar refractivity (Wildman–Crippen MR) is 87.4 cm³/mol. The lowest BCUT2D eigenvalue weighted by Crippen LogP contribution is -2.46. The molecule has 4 heteroatoms. The summed E-state index contributed by atoms with van der Waals surface area (Å²) in [6.45, 7) is 10.1. The molecule has 2 unspecified atom stereocenters. The summed E-state index contributed by atoms with van der Waals surface area (Å²) in [5, 5.41) is 4.03. The van der Waals surface area contributed by atoms with Gasteiger partial charge in [0.05, 0.1) is 6.10 Å². The van der Waals surface area contributed by atoms with Gasteiger partial charge < -0.3 is 10.1 Å². The van der Waals surface area contributed by atoms with Gasteiger partial charge in [-0.15, -0.1) is 0 Å². The Balaban J connectivity index is 2.89. The van der Waals surface area contributed by atoms with E-state index in [1.165, 1.54) is 12.1 Å². The first kappa shape index (κ1) is 18.4. The second-order valence-electron chi connectivity index (χ2n) is 5.66. The molecule has 21 heavy (non-hydrogen) atoms. The molecule has 1 rings (SSSR count). The largest absolute Gasteiger partial charge is 0.377 e. The van der Waals surface area contributed by atoms with Gasteiger partial charge in [-0.3, -0.25) is 0 Å². The number of ether oxygens (including phenoxy) is 1. The Kier molecular flexibility index (Phi) is 8.23. The van der Waals surface area contributed by atoms with Crippen molar-refractivity contribution in [1.29, 1.82) is 0 Å². The summed E-state index contributed by atoms with van der Waals surface area (Å²) < 4.78 is 19.1. The van der Waals surface area contributed by atoms with E-state index in [1.54, 1.807) is 6.07 Å². The van der Waals surface area contributed by atoms with Gasteiger partial charge in [-0.05, 0) is 49.9 Å². The molecular weight excluding hydrogens is 289 g/mol. The molecule has 0 aliphatic carbocycles. The zero-order chi connectivity index (χ0) is 15.8. The summed E-state index contributed by atoms with van der Waals surface area (Å²) in [4.78, 5) is 0. The third-order valence-corrected chi connectivity index (χ3v) is 3.88. The van der Waals surface area contributed by atoms with Crippen molar-refractivity contribution in [3.05, 3.63) is 34.6 Å². The second kappa shape index (κ2) is 9.39. The van der Waals surface area contributed by atoms with Crippen LogP contribution < -0.4 is 5.32 Å². The van der Waals surface area contributed by atoms with E-state index in [9.17, 15) is 4.39 Å². The highest BCUT2D eigenvalue weighted by atomic mass is 35.5. The van der Waals surface area contributed by atoms with Gasteiger partial charge in [-0.1, -0.05) is 38.4 Å². The van der Waals surface area contributed by atoms with E-state index in [0.717, 1.165) is 24.9 Å². The zero-order valence-corrected chi connectivity index (χ0v) is 14.2. The molecule has 0 saturated heterocycles. The highest BCUT2D eigenvalue weighted by Crippen LogP contribution is 2.22. The van der Waals surface area contributed by atoms with Crippen molar-refractivity contribution >= 4 is 11.6 Å². The fourth-order valence-corrected chi connectivity index (χ4v) is 2.77. The molecule has 2 nitrogen and oxygen atoms in total. The van der Waals surface area contributed by atoms with Gasteiger partial charge in [-0.25, -0.2) is 4.39 Å². The quantitative estimate of drug-likeness (QED) is 0.727. The standard InChI is InChI=1S/C17H27ClFNO/c1-5-9-20-16(17(12(3)4)21-6-2)10-13-7-8-14(19)11-15(13)18/h7-8,11-12,16-17,20H,5-6,9-10H2,1-4H3. The van der Waals surface area contributed by atoms with Crippen molar-refractivity contribution in [2.75, 3.05) is 13.2 Å². The average Bonchev–Trinajstić information content (AvgIpc) is 2.43. The molecule has 0 fully saturated rings. The predicted octanol–water partition coefficient (Wildman–Crippen LogP) is 4.45. The lowest BCUT2D eigenvalue weighted by Gasteiger charge is -2.31. The summed E-state index contributed by atoms with van der Waals surface area (Å²) in [6.07, 6.45) is 1.91. The molecule has 0 saturated carbocycles. The van der Waals surface area contributed by atoms with E-state index in [2.05, 4.69) is 26.1 Å². The molecule has 0 amide bonds. The minimum absolute atomic E-state index is 0.114. The molecular formula is C17H27ClFNO. The molecule has 1 aromatic carbocycles. The Labute approximate surface area is 133 Å². The number of rotatable bonds is 9. The number of benzene rings is 1. The van der Waals surface area contributed by atoms with Crippen LogP contribution >= 0.6 is 11.6 Å². The normalized spacial score (nSPS) is 14.4. The van der Waals surface area contributed by atoms with Crippen molar-refractivity contribution in [2.45, 2.75) is 52.7 Å². The topological polar surface area (TPSA) is 21.3 Å². The Morgan fingerprint density at radius 3 is 2.52 bits per heavy atom. The number of hydrogen-bond donors (Lipinski definition) is 1. The first-order chi connectivity index (χ1) is 9.99. The molecule has 0 aliphatic heterocycles. The molecule has 0 aliphatic rings. The molecule has 0 radical (unpaired) electrons. The van der Waals surface area contributed by atoms with Crippen molar-refractivity contribution in [3.8, 4) is 0 Å². The minimum atomic E-state index is -0.299. The Hall–Kier alpha value is -0.640. The summed E-state index contributed by atoms with van der Waals surface area (Å²) in [5.41, 5.74) is 0.956. The van der Waals surface area contributed by atoms with Crippen LogP contribution in [0.25, 0.3) is 0 Å². The fraction of sp³-hybridized carbons (Fsp3) is 0.647. The van der Waals surface area contributed by atoms with Crippen LogP contribution in [-0.4, -0.2) is 25.3 Å². The first-order valence-corrected chi connectivity index (χ1v) is 8.16. The van der Waals surface area contributed by atoms with Crippen molar-refractivity contribution in [3.63, 3.8) is 0 Å². The van der Waals surface area contributed by atoms with Gasteiger partial charge >= 0.3 is 0 Å². The monoisotopic (exact) mass is 315 g/mol. The fourth-order valence-electron chi connectivity index (χ4n) is 2.52. The van der Waals surface area contributed by atoms with E-state index in [1.807, 2.05) is 6.92 Å². The van der Waals surface area contributed by atoms with Crippen LogP contribution in [0.1, 0.15) is 39.7 Å². The first-order valence-electron chi connectivity index (χ1n) is 7.78.